The maximum absolute atomic E-state index is 12.1. The molecule has 4 aliphatic rings. The summed E-state index contributed by atoms with van der Waals surface area (Å²) in [4.78, 5) is 14.9. The Kier molecular flexibility index (Phi) is 4.64. The van der Waals surface area contributed by atoms with Crippen LogP contribution in [0.1, 0.15) is 83.5 Å². The molecule has 0 radical (unpaired) electrons. The molecular formula is C26H30ClNO. The highest BCUT2D eigenvalue weighted by Crippen LogP contribution is 2.63. The lowest BCUT2D eigenvalue weighted by molar-refractivity contribution is 0.101. The molecule has 0 N–H and O–H groups in total. The van der Waals surface area contributed by atoms with Crippen molar-refractivity contribution in [1.82, 2.24) is 4.90 Å². The molecule has 2 bridgehead atoms. The van der Waals surface area contributed by atoms with Crippen molar-refractivity contribution >= 4 is 18.2 Å². The number of ketones is 1. The molecule has 2 nitrogen and oxygen atoms in total. The normalized spacial score (nSPS) is 29.8. The van der Waals surface area contributed by atoms with Crippen LogP contribution in [0.2, 0.25) is 0 Å². The first kappa shape index (κ1) is 19.3. The third-order valence-corrected chi connectivity index (χ3v) is 8.29. The fourth-order valence-corrected chi connectivity index (χ4v) is 7.10. The smallest absolute Gasteiger partial charge is 0.159 e. The van der Waals surface area contributed by atoms with E-state index < -0.39 is 0 Å². The van der Waals surface area contributed by atoms with E-state index in [1.165, 1.54) is 62.9 Å². The molecule has 3 aliphatic carbocycles. The number of hydrogen-bond donors (Lipinski definition) is 0. The summed E-state index contributed by atoms with van der Waals surface area (Å²) < 4.78 is 0. The van der Waals surface area contributed by atoms with Crippen molar-refractivity contribution in [1.29, 1.82) is 0 Å². The van der Waals surface area contributed by atoms with Crippen molar-refractivity contribution in [3.63, 3.8) is 0 Å². The summed E-state index contributed by atoms with van der Waals surface area (Å²) in [6.45, 7) is 5.33. The zero-order chi connectivity index (χ0) is 18.9. The molecule has 2 fully saturated rings. The van der Waals surface area contributed by atoms with E-state index in [9.17, 15) is 4.79 Å². The Morgan fingerprint density at radius 2 is 1.83 bits per heavy atom. The quantitative estimate of drug-likeness (QED) is 0.609. The van der Waals surface area contributed by atoms with Crippen molar-refractivity contribution in [3.05, 3.63) is 70.3 Å². The molecule has 1 spiro atoms. The van der Waals surface area contributed by atoms with Gasteiger partial charge in [0, 0.05) is 42.4 Å². The average molecular weight is 408 g/mol. The second kappa shape index (κ2) is 6.96. The molecule has 29 heavy (non-hydrogen) atoms. The van der Waals surface area contributed by atoms with Crippen LogP contribution < -0.4 is 0 Å². The van der Waals surface area contributed by atoms with Crippen LogP contribution in [0.3, 0.4) is 0 Å². The summed E-state index contributed by atoms with van der Waals surface area (Å²) in [7, 11) is 0. The maximum atomic E-state index is 12.1. The van der Waals surface area contributed by atoms with Crippen LogP contribution >= 0.6 is 12.4 Å². The van der Waals surface area contributed by atoms with Crippen molar-refractivity contribution in [2.45, 2.75) is 56.3 Å². The van der Waals surface area contributed by atoms with Gasteiger partial charge in [0.25, 0.3) is 0 Å². The monoisotopic (exact) mass is 407 g/mol. The number of Topliss-reactive ketones (excluding diaryl/α,β-unsaturated/α-hetero) is 1. The van der Waals surface area contributed by atoms with Gasteiger partial charge in [-0.3, -0.25) is 4.79 Å². The Hall–Kier alpha value is -1.64. The third kappa shape index (κ3) is 2.75. The molecule has 3 unspecified atom stereocenters. The van der Waals surface area contributed by atoms with Gasteiger partial charge in [-0.1, -0.05) is 49.2 Å². The number of carbonyl (C=O) groups is 1. The number of rotatable bonds is 3. The number of hydrogen-bond acceptors (Lipinski definition) is 2. The fraction of sp³-hybridized carbons (Fsp3) is 0.500. The molecule has 1 heterocycles. The Labute approximate surface area is 180 Å². The van der Waals surface area contributed by atoms with E-state index in [0.29, 0.717) is 11.8 Å². The highest BCUT2D eigenvalue weighted by molar-refractivity contribution is 5.94. The topological polar surface area (TPSA) is 20.3 Å². The maximum Gasteiger partial charge on any atom is 0.159 e. The molecule has 1 aliphatic heterocycles. The van der Waals surface area contributed by atoms with Crippen molar-refractivity contribution in [2.75, 3.05) is 19.6 Å². The summed E-state index contributed by atoms with van der Waals surface area (Å²) in [5.41, 5.74) is 7.19. The van der Waals surface area contributed by atoms with Gasteiger partial charge in [0.05, 0.1) is 0 Å². The standard InChI is InChI=1S/C26H29NO.ClH/c1-17(28)19-10-11-22-23-13-26(24(22)12-19)16-27(14-18-6-2-3-7-18)15-25(26)21-9-5-4-8-20(21)23;/h4-5,8-12,18,23,25H,2-3,6-7,13-16H2,1H3;1H. The fourth-order valence-electron chi connectivity index (χ4n) is 7.10. The SMILES string of the molecule is CC(=O)c1ccc2c(c1)C13CC2c2ccccc2C1CN(CC1CCCC1)C3.Cl. The van der Waals surface area contributed by atoms with Crippen molar-refractivity contribution in [3.8, 4) is 0 Å². The Balaban J connectivity index is 0.00000181. The van der Waals surface area contributed by atoms with E-state index in [-0.39, 0.29) is 23.6 Å². The van der Waals surface area contributed by atoms with Gasteiger partial charge in [-0.05, 0) is 60.4 Å². The molecule has 0 aromatic heterocycles. The number of carbonyl (C=O) groups excluding carboxylic acids is 1. The van der Waals surface area contributed by atoms with E-state index in [1.54, 1.807) is 18.1 Å². The van der Waals surface area contributed by atoms with Gasteiger partial charge in [-0.15, -0.1) is 12.4 Å². The van der Waals surface area contributed by atoms with Crippen LogP contribution in [0.5, 0.6) is 0 Å². The van der Waals surface area contributed by atoms with E-state index in [1.807, 2.05) is 0 Å². The third-order valence-electron chi connectivity index (χ3n) is 8.29. The van der Waals surface area contributed by atoms with Crippen LogP contribution in [0, 0.1) is 5.92 Å². The number of fused-ring (bicyclic) bond motifs is 3. The minimum absolute atomic E-state index is 0. The molecule has 1 saturated heterocycles. The van der Waals surface area contributed by atoms with Gasteiger partial charge in [-0.2, -0.15) is 0 Å². The highest BCUT2D eigenvalue weighted by atomic mass is 35.5. The summed E-state index contributed by atoms with van der Waals surface area (Å²) in [6.07, 6.45) is 6.90. The van der Waals surface area contributed by atoms with Gasteiger partial charge in [0.2, 0.25) is 0 Å². The molecule has 0 amide bonds. The van der Waals surface area contributed by atoms with Gasteiger partial charge in [-0.25, -0.2) is 0 Å². The lowest BCUT2D eigenvalue weighted by Gasteiger charge is -2.37. The lowest BCUT2D eigenvalue weighted by atomic mass is 9.65. The van der Waals surface area contributed by atoms with Gasteiger partial charge >= 0.3 is 0 Å². The number of likely N-dealkylation sites (tertiary alicyclic amines) is 1. The van der Waals surface area contributed by atoms with E-state index >= 15 is 0 Å². The molecule has 3 heteroatoms. The van der Waals surface area contributed by atoms with Crippen LogP contribution in [0.15, 0.2) is 42.5 Å². The van der Waals surface area contributed by atoms with Gasteiger partial charge < -0.3 is 4.90 Å². The first-order valence-electron chi connectivity index (χ1n) is 11.1. The van der Waals surface area contributed by atoms with E-state index in [2.05, 4.69) is 47.4 Å². The first-order chi connectivity index (χ1) is 13.7. The van der Waals surface area contributed by atoms with Crippen LogP contribution in [0.4, 0.5) is 0 Å². The van der Waals surface area contributed by atoms with E-state index in [0.717, 1.165) is 11.5 Å². The summed E-state index contributed by atoms with van der Waals surface area (Å²) >= 11 is 0. The lowest BCUT2D eigenvalue weighted by Crippen LogP contribution is -2.35. The number of halogens is 1. The molecule has 1 saturated carbocycles. The van der Waals surface area contributed by atoms with Crippen LogP contribution in [0.25, 0.3) is 0 Å². The highest BCUT2D eigenvalue weighted by Gasteiger charge is 2.58. The molecule has 2 aromatic carbocycles. The van der Waals surface area contributed by atoms with Crippen LogP contribution in [-0.4, -0.2) is 30.3 Å². The molecule has 152 valence electrons. The molecular weight excluding hydrogens is 378 g/mol. The largest absolute Gasteiger partial charge is 0.302 e. The number of benzene rings is 2. The zero-order valence-electron chi connectivity index (χ0n) is 17.2. The van der Waals surface area contributed by atoms with Crippen molar-refractivity contribution < 1.29 is 4.79 Å². The molecule has 6 rings (SSSR count). The zero-order valence-corrected chi connectivity index (χ0v) is 18.0. The van der Waals surface area contributed by atoms with Gasteiger partial charge in [0.1, 0.15) is 0 Å². The molecule has 3 atom stereocenters. The van der Waals surface area contributed by atoms with E-state index in [4.69, 9.17) is 0 Å². The predicted octanol–water partition coefficient (Wildman–Crippen LogP) is 5.69. The summed E-state index contributed by atoms with van der Waals surface area (Å²) in [5, 5.41) is 0. The number of nitrogens with zero attached hydrogens (tertiary/aromatic N) is 1. The average Bonchev–Trinajstić information content (AvgIpc) is 3.41. The second-order valence-corrected chi connectivity index (χ2v) is 9.80. The van der Waals surface area contributed by atoms with Gasteiger partial charge in [0.15, 0.2) is 5.78 Å². The summed E-state index contributed by atoms with van der Waals surface area (Å²) in [5.74, 6) is 2.17. The summed E-state index contributed by atoms with van der Waals surface area (Å²) in [6, 6.07) is 15.8. The molecule has 2 aromatic rings. The minimum atomic E-state index is 0. The first-order valence-corrected chi connectivity index (χ1v) is 11.1. The van der Waals surface area contributed by atoms with Crippen molar-refractivity contribution in [2.24, 2.45) is 5.92 Å². The Morgan fingerprint density at radius 1 is 1.07 bits per heavy atom. The van der Waals surface area contributed by atoms with Crippen LogP contribution in [-0.2, 0) is 5.41 Å². The minimum Gasteiger partial charge on any atom is -0.302 e. The predicted molar refractivity (Wildman–Crippen MR) is 119 cm³/mol. The Bertz CT molecular complexity index is 963. The second-order valence-electron chi connectivity index (χ2n) is 9.80. The Morgan fingerprint density at radius 3 is 2.59 bits per heavy atom.